The lowest BCUT2D eigenvalue weighted by atomic mass is 10.1. The molecule has 29 heavy (non-hydrogen) atoms. The molecule has 0 radical (unpaired) electrons. The topological polar surface area (TPSA) is 52.6 Å². The Morgan fingerprint density at radius 2 is 1.72 bits per heavy atom. The van der Waals surface area contributed by atoms with Crippen molar-refractivity contribution in [3.63, 3.8) is 0 Å². The first-order chi connectivity index (χ1) is 13.9. The van der Waals surface area contributed by atoms with Gasteiger partial charge in [-0.25, -0.2) is 4.79 Å². The molecular weight excluding hydrogens is 362 g/mol. The monoisotopic (exact) mass is 391 g/mol. The molecule has 2 aromatic rings. The summed E-state index contributed by atoms with van der Waals surface area (Å²) in [5.74, 6) is 0.190. The molecule has 1 saturated carbocycles. The van der Waals surface area contributed by atoms with Gasteiger partial charge < -0.3 is 10.2 Å². The number of hydrogen-bond donors (Lipinski definition) is 1. The van der Waals surface area contributed by atoms with E-state index in [1.807, 2.05) is 34.9 Å². The van der Waals surface area contributed by atoms with Gasteiger partial charge in [-0.2, -0.15) is 0 Å². The van der Waals surface area contributed by atoms with Gasteiger partial charge >= 0.3 is 6.03 Å². The lowest BCUT2D eigenvalue weighted by molar-refractivity contribution is -0.117. The van der Waals surface area contributed by atoms with Crippen LogP contribution in [0.5, 0.6) is 0 Å². The molecule has 1 aliphatic carbocycles. The van der Waals surface area contributed by atoms with E-state index in [9.17, 15) is 9.59 Å². The third kappa shape index (κ3) is 4.44. The molecule has 1 heterocycles. The summed E-state index contributed by atoms with van der Waals surface area (Å²) in [6, 6.07) is 12.4. The molecule has 2 aromatic carbocycles. The van der Waals surface area contributed by atoms with Crippen molar-refractivity contribution in [2.24, 2.45) is 5.92 Å². The fraction of sp³-hybridized carbons (Fsp3) is 0.417. The van der Waals surface area contributed by atoms with E-state index in [2.05, 4.69) is 37.4 Å². The van der Waals surface area contributed by atoms with Gasteiger partial charge in [-0.1, -0.05) is 35.4 Å². The molecule has 5 heteroatoms. The van der Waals surface area contributed by atoms with Gasteiger partial charge in [0.2, 0.25) is 5.91 Å². The van der Waals surface area contributed by atoms with Crippen molar-refractivity contribution in [3.05, 3.63) is 58.7 Å². The number of carbonyl (C=O) groups excluding carboxylic acids is 2. The second-order valence-corrected chi connectivity index (χ2v) is 8.49. The maximum Gasteiger partial charge on any atom is 0.324 e. The maximum atomic E-state index is 13.3. The average molecular weight is 392 g/mol. The first kappa shape index (κ1) is 19.5. The highest BCUT2D eigenvalue weighted by Gasteiger charge is 2.32. The SMILES string of the molecule is Cc1cc(C)cc(CN2CCCN(c3ccc(C)cc3NC(=O)C3CC3)C2=O)c1. The van der Waals surface area contributed by atoms with Crippen molar-refractivity contribution < 1.29 is 9.59 Å². The molecule has 1 saturated heterocycles. The zero-order valence-electron chi connectivity index (χ0n) is 17.5. The molecule has 0 unspecified atom stereocenters. The Balaban J connectivity index is 1.56. The van der Waals surface area contributed by atoms with E-state index in [-0.39, 0.29) is 17.9 Å². The standard InChI is InChI=1S/C24H29N3O2/c1-16-5-8-22(21(14-16)25-23(28)20-6-7-20)27-10-4-9-26(24(27)29)15-19-12-17(2)11-18(3)13-19/h5,8,11-14,20H,4,6-7,9-10,15H2,1-3H3,(H,25,28). The van der Waals surface area contributed by atoms with E-state index in [0.717, 1.165) is 48.3 Å². The molecule has 0 spiro atoms. The van der Waals surface area contributed by atoms with E-state index < -0.39 is 0 Å². The Labute approximate surface area is 172 Å². The molecule has 2 aliphatic rings. The van der Waals surface area contributed by atoms with E-state index in [1.165, 1.54) is 11.1 Å². The summed E-state index contributed by atoms with van der Waals surface area (Å²) in [6.07, 6.45) is 2.82. The largest absolute Gasteiger partial charge is 0.324 e. The first-order valence-electron chi connectivity index (χ1n) is 10.5. The molecule has 152 valence electrons. The number of hydrogen-bond acceptors (Lipinski definition) is 2. The summed E-state index contributed by atoms with van der Waals surface area (Å²) in [6.45, 7) is 8.19. The third-order valence-electron chi connectivity index (χ3n) is 5.61. The van der Waals surface area contributed by atoms with Crippen LogP contribution < -0.4 is 10.2 Å². The molecule has 2 fully saturated rings. The minimum Gasteiger partial charge on any atom is -0.324 e. The van der Waals surface area contributed by atoms with Crippen LogP contribution in [0.4, 0.5) is 16.2 Å². The van der Waals surface area contributed by atoms with Gasteiger partial charge in [0.1, 0.15) is 0 Å². The maximum absolute atomic E-state index is 13.3. The smallest absolute Gasteiger partial charge is 0.324 e. The third-order valence-corrected chi connectivity index (χ3v) is 5.61. The number of anilines is 2. The second-order valence-electron chi connectivity index (χ2n) is 8.49. The molecule has 0 bridgehead atoms. The molecule has 0 atom stereocenters. The predicted octanol–water partition coefficient (Wildman–Crippen LogP) is 4.79. The van der Waals surface area contributed by atoms with Crippen LogP contribution in [0, 0.1) is 26.7 Å². The van der Waals surface area contributed by atoms with Crippen LogP contribution in [0.15, 0.2) is 36.4 Å². The van der Waals surface area contributed by atoms with E-state index in [1.54, 1.807) is 0 Å². The van der Waals surface area contributed by atoms with Crippen molar-refractivity contribution >= 4 is 23.3 Å². The van der Waals surface area contributed by atoms with Crippen molar-refractivity contribution in [1.29, 1.82) is 0 Å². The molecule has 0 aromatic heterocycles. The number of benzene rings is 2. The Hall–Kier alpha value is -2.82. The molecule has 3 amide bonds. The van der Waals surface area contributed by atoms with Gasteiger partial charge in [0, 0.05) is 25.6 Å². The molecule has 5 nitrogen and oxygen atoms in total. The van der Waals surface area contributed by atoms with Crippen molar-refractivity contribution in [1.82, 2.24) is 4.90 Å². The zero-order chi connectivity index (χ0) is 20.5. The minimum absolute atomic E-state index is 0.00110. The van der Waals surface area contributed by atoms with Gasteiger partial charge in [-0.3, -0.25) is 9.69 Å². The van der Waals surface area contributed by atoms with Gasteiger partial charge in [0.25, 0.3) is 0 Å². The Bertz CT molecular complexity index is 929. The van der Waals surface area contributed by atoms with Crippen LogP contribution in [0.3, 0.4) is 0 Å². The fourth-order valence-corrected chi connectivity index (χ4v) is 4.10. The minimum atomic E-state index is 0.00110. The van der Waals surface area contributed by atoms with Gasteiger partial charge in [-0.15, -0.1) is 0 Å². The van der Waals surface area contributed by atoms with E-state index >= 15 is 0 Å². The van der Waals surface area contributed by atoms with Gasteiger partial charge in [0.15, 0.2) is 0 Å². The van der Waals surface area contributed by atoms with Crippen LogP contribution in [0.25, 0.3) is 0 Å². The summed E-state index contributed by atoms with van der Waals surface area (Å²) < 4.78 is 0. The summed E-state index contributed by atoms with van der Waals surface area (Å²) in [4.78, 5) is 29.4. The highest BCUT2D eigenvalue weighted by molar-refractivity contribution is 6.02. The fourth-order valence-electron chi connectivity index (χ4n) is 4.10. The van der Waals surface area contributed by atoms with Crippen molar-refractivity contribution in [2.75, 3.05) is 23.3 Å². The molecule has 4 rings (SSSR count). The second kappa shape index (κ2) is 7.90. The zero-order valence-corrected chi connectivity index (χ0v) is 17.5. The van der Waals surface area contributed by atoms with Crippen LogP contribution >= 0.6 is 0 Å². The summed E-state index contributed by atoms with van der Waals surface area (Å²) in [5.41, 5.74) is 6.18. The Morgan fingerprint density at radius 3 is 2.41 bits per heavy atom. The average Bonchev–Trinajstić information content (AvgIpc) is 3.49. The molecular formula is C24H29N3O2. The number of rotatable bonds is 5. The highest BCUT2D eigenvalue weighted by atomic mass is 16.2. The summed E-state index contributed by atoms with van der Waals surface area (Å²) in [7, 11) is 0. The van der Waals surface area contributed by atoms with Crippen molar-refractivity contribution in [2.45, 2.75) is 46.6 Å². The van der Waals surface area contributed by atoms with Crippen LogP contribution in [0.2, 0.25) is 0 Å². The van der Waals surface area contributed by atoms with Crippen molar-refractivity contribution in [3.8, 4) is 0 Å². The molecule has 1 N–H and O–H groups in total. The van der Waals surface area contributed by atoms with E-state index in [0.29, 0.717) is 13.1 Å². The Morgan fingerprint density at radius 1 is 1.00 bits per heavy atom. The number of aryl methyl sites for hydroxylation is 3. The van der Waals surface area contributed by atoms with Gasteiger partial charge in [0.05, 0.1) is 11.4 Å². The first-order valence-corrected chi connectivity index (χ1v) is 10.5. The number of amides is 3. The summed E-state index contributed by atoms with van der Waals surface area (Å²) in [5, 5.41) is 3.06. The number of nitrogens with zero attached hydrogens (tertiary/aromatic N) is 2. The van der Waals surface area contributed by atoms with Crippen LogP contribution in [0.1, 0.15) is 41.5 Å². The normalized spacial score (nSPS) is 16.9. The lowest BCUT2D eigenvalue weighted by Crippen LogP contribution is -2.49. The van der Waals surface area contributed by atoms with Crippen LogP contribution in [-0.2, 0) is 11.3 Å². The highest BCUT2D eigenvalue weighted by Crippen LogP contribution is 2.34. The predicted molar refractivity (Wildman–Crippen MR) is 116 cm³/mol. The number of carbonyl (C=O) groups is 2. The Kier molecular flexibility index (Phi) is 5.31. The quantitative estimate of drug-likeness (QED) is 0.796. The van der Waals surface area contributed by atoms with Gasteiger partial charge in [-0.05, 0) is 63.3 Å². The molecule has 1 aliphatic heterocycles. The summed E-state index contributed by atoms with van der Waals surface area (Å²) >= 11 is 0. The number of nitrogens with one attached hydrogen (secondary N) is 1. The number of urea groups is 1. The van der Waals surface area contributed by atoms with E-state index in [4.69, 9.17) is 0 Å². The lowest BCUT2D eigenvalue weighted by Gasteiger charge is -2.36. The van der Waals surface area contributed by atoms with Crippen LogP contribution in [-0.4, -0.2) is 29.9 Å².